The third-order valence-electron chi connectivity index (χ3n) is 4.12. The highest BCUT2D eigenvalue weighted by molar-refractivity contribution is 4.97. The number of rotatable bonds is 1. The first-order chi connectivity index (χ1) is 6.13. The normalized spacial score (nSPS) is 50.5. The van der Waals surface area contributed by atoms with Crippen LogP contribution in [0, 0.1) is 11.8 Å². The average molecular weight is 183 g/mol. The summed E-state index contributed by atoms with van der Waals surface area (Å²) < 4.78 is 0. The SMILES string of the molecule is CC[C@@]1(N)CC2CC[C@@H](O)C(C2)C1. The van der Waals surface area contributed by atoms with Crippen LogP contribution in [0.3, 0.4) is 0 Å². The van der Waals surface area contributed by atoms with Crippen molar-refractivity contribution < 1.29 is 5.11 Å². The number of fused-ring (bicyclic) bond motifs is 2. The zero-order valence-electron chi connectivity index (χ0n) is 8.50. The highest BCUT2D eigenvalue weighted by Gasteiger charge is 2.41. The van der Waals surface area contributed by atoms with Crippen molar-refractivity contribution in [1.82, 2.24) is 0 Å². The molecule has 0 heterocycles. The predicted molar refractivity (Wildman–Crippen MR) is 53.3 cm³/mol. The highest BCUT2D eigenvalue weighted by atomic mass is 16.3. The van der Waals surface area contributed by atoms with Crippen molar-refractivity contribution in [2.45, 2.75) is 57.1 Å². The number of aliphatic hydroxyl groups is 1. The summed E-state index contributed by atoms with van der Waals surface area (Å²) in [5, 5.41) is 9.79. The standard InChI is InChI=1S/C11H21NO/c1-2-11(12)6-8-3-4-10(13)9(5-8)7-11/h8-10,13H,2-7,12H2,1H3/t8?,9?,10-,11-/m1/s1. The van der Waals surface area contributed by atoms with Gasteiger partial charge in [-0.2, -0.15) is 0 Å². The van der Waals surface area contributed by atoms with Crippen LogP contribution >= 0.6 is 0 Å². The van der Waals surface area contributed by atoms with E-state index in [0.717, 1.165) is 25.2 Å². The molecule has 3 N–H and O–H groups in total. The summed E-state index contributed by atoms with van der Waals surface area (Å²) in [5.41, 5.74) is 6.34. The third-order valence-corrected chi connectivity index (χ3v) is 4.12. The third kappa shape index (κ3) is 1.75. The van der Waals surface area contributed by atoms with E-state index in [1.807, 2.05) is 0 Å². The van der Waals surface area contributed by atoms with Gasteiger partial charge in [0.1, 0.15) is 0 Å². The Morgan fingerprint density at radius 1 is 1.38 bits per heavy atom. The molecule has 0 aliphatic heterocycles. The lowest BCUT2D eigenvalue weighted by Crippen LogP contribution is -2.50. The molecule has 0 aromatic heterocycles. The molecule has 2 heteroatoms. The minimum absolute atomic E-state index is 0.0367. The fraction of sp³-hybridized carbons (Fsp3) is 1.00. The fourth-order valence-corrected chi connectivity index (χ4v) is 3.22. The van der Waals surface area contributed by atoms with Gasteiger partial charge in [0, 0.05) is 5.54 Å². The molecule has 2 aliphatic rings. The number of nitrogens with two attached hydrogens (primary N) is 1. The Labute approximate surface area is 80.5 Å². The lowest BCUT2D eigenvalue weighted by molar-refractivity contribution is -0.00560. The Morgan fingerprint density at radius 3 is 2.85 bits per heavy atom. The molecule has 0 radical (unpaired) electrons. The first-order valence-corrected chi connectivity index (χ1v) is 5.60. The van der Waals surface area contributed by atoms with E-state index in [-0.39, 0.29) is 11.6 Å². The van der Waals surface area contributed by atoms with Gasteiger partial charge in [0.15, 0.2) is 0 Å². The van der Waals surface area contributed by atoms with Gasteiger partial charge in [-0.1, -0.05) is 6.92 Å². The molecule has 2 nitrogen and oxygen atoms in total. The van der Waals surface area contributed by atoms with Crippen molar-refractivity contribution in [2.75, 3.05) is 0 Å². The topological polar surface area (TPSA) is 46.2 Å². The molecule has 0 amide bonds. The highest BCUT2D eigenvalue weighted by Crippen LogP contribution is 2.44. The van der Waals surface area contributed by atoms with Crippen LogP contribution < -0.4 is 5.73 Å². The monoisotopic (exact) mass is 183 g/mol. The summed E-state index contributed by atoms with van der Waals surface area (Å²) in [7, 11) is 0. The molecule has 4 atom stereocenters. The van der Waals surface area contributed by atoms with Crippen molar-refractivity contribution in [3.05, 3.63) is 0 Å². The summed E-state index contributed by atoms with van der Waals surface area (Å²) in [6, 6.07) is 0. The van der Waals surface area contributed by atoms with Crippen LogP contribution in [0.25, 0.3) is 0 Å². The van der Waals surface area contributed by atoms with Crippen molar-refractivity contribution in [3.8, 4) is 0 Å². The molecule has 0 saturated heterocycles. The van der Waals surface area contributed by atoms with E-state index in [2.05, 4.69) is 6.92 Å². The van der Waals surface area contributed by atoms with E-state index >= 15 is 0 Å². The minimum Gasteiger partial charge on any atom is -0.393 e. The quantitative estimate of drug-likeness (QED) is 0.649. The van der Waals surface area contributed by atoms with E-state index in [9.17, 15) is 5.11 Å². The molecule has 0 aromatic rings. The number of hydrogen-bond acceptors (Lipinski definition) is 2. The molecule has 2 fully saturated rings. The fourth-order valence-electron chi connectivity index (χ4n) is 3.22. The summed E-state index contributed by atoms with van der Waals surface area (Å²) in [5.74, 6) is 1.30. The second kappa shape index (κ2) is 3.25. The Kier molecular flexibility index (Phi) is 2.37. The van der Waals surface area contributed by atoms with Gasteiger partial charge < -0.3 is 10.8 Å². The average Bonchev–Trinajstić information content (AvgIpc) is 2.12. The maximum Gasteiger partial charge on any atom is 0.0569 e. The molecule has 2 bridgehead atoms. The Balaban J connectivity index is 2.08. The second-order valence-electron chi connectivity index (χ2n) is 5.13. The molecule has 0 spiro atoms. The second-order valence-corrected chi connectivity index (χ2v) is 5.13. The maximum absolute atomic E-state index is 9.79. The van der Waals surface area contributed by atoms with Gasteiger partial charge >= 0.3 is 0 Å². The van der Waals surface area contributed by atoms with E-state index in [4.69, 9.17) is 5.73 Å². The zero-order valence-corrected chi connectivity index (χ0v) is 8.50. The molecule has 2 unspecified atom stereocenters. The van der Waals surface area contributed by atoms with Crippen molar-refractivity contribution in [1.29, 1.82) is 0 Å². The smallest absolute Gasteiger partial charge is 0.0569 e. The molecule has 2 saturated carbocycles. The summed E-state index contributed by atoms with van der Waals surface area (Å²) in [6.07, 6.45) is 6.65. The molecule has 13 heavy (non-hydrogen) atoms. The lowest BCUT2D eigenvalue weighted by Gasteiger charge is -2.46. The molecule has 76 valence electrons. The van der Waals surface area contributed by atoms with Gasteiger partial charge in [-0.3, -0.25) is 0 Å². The molecular formula is C11H21NO. The van der Waals surface area contributed by atoms with E-state index in [0.29, 0.717) is 5.92 Å². The van der Waals surface area contributed by atoms with Gasteiger partial charge in [0.25, 0.3) is 0 Å². The Hall–Kier alpha value is -0.0800. The predicted octanol–water partition coefficient (Wildman–Crippen LogP) is 1.66. The Bertz CT molecular complexity index is 195. The van der Waals surface area contributed by atoms with Gasteiger partial charge in [-0.25, -0.2) is 0 Å². The maximum atomic E-state index is 9.79. The molecule has 2 rings (SSSR count). The van der Waals surface area contributed by atoms with Gasteiger partial charge in [0.05, 0.1) is 6.10 Å². The van der Waals surface area contributed by atoms with Gasteiger partial charge in [-0.05, 0) is 50.4 Å². The van der Waals surface area contributed by atoms with E-state index in [1.165, 1.54) is 19.3 Å². The molecular weight excluding hydrogens is 162 g/mol. The van der Waals surface area contributed by atoms with Crippen molar-refractivity contribution >= 4 is 0 Å². The van der Waals surface area contributed by atoms with Crippen LogP contribution in [0.4, 0.5) is 0 Å². The van der Waals surface area contributed by atoms with Gasteiger partial charge in [0.2, 0.25) is 0 Å². The minimum atomic E-state index is -0.0639. The van der Waals surface area contributed by atoms with Crippen molar-refractivity contribution in [3.63, 3.8) is 0 Å². The summed E-state index contributed by atoms with van der Waals surface area (Å²) >= 11 is 0. The largest absolute Gasteiger partial charge is 0.393 e. The zero-order chi connectivity index (χ0) is 9.47. The number of aliphatic hydroxyl groups excluding tert-OH is 1. The van der Waals surface area contributed by atoms with Crippen LogP contribution in [0.15, 0.2) is 0 Å². The van der Waals surface area contributed by atoms with Crippen LogP contribution in [0.1, 0.15) is 45.4 Å². The first-order valence-electron chi connectivity index (χ1n) is 5.60. The lowest BCUT2D eigenvalue weighted by atomic mass is 9.63. The van der Waals surface area contributed by atoms with Gasteiger partial charge in [-0.15, -0.1) is 0 Å². The van der Waals surface area contributed by atoms with Crippen LogP contribution in [-0.2, 0) is 0 Å². The van der Waals surface area contributed by atoms with Crippen molar-refractivity contribution in [2.24, 2.45) is 17.6 Å². The first kappa shape index (κ1) is 9.47. The Morgan fingerprint density at radius 2 is 2.15 bits per heavy atom. The summed E-state index contributed by atoms with van der Waals surface area (Å²) in [4.78, 5) is 0. The van der Waals surface area contributed by atoms with E-state index in [1.54, 1.807) is 0 Å². The van der Waals surface area contributed by atoms with Crippen LogP contribution in [0.5, 0.6) is 0 Å². The van der Waals surface area contributed by atoms with E-state index < -0.39 is 0 Å². The van der Waals surface area contributed by atoms with Crippen LogP contribution in [-0.4, -0.2) is 16.7 Å². The molecule has 2 aliphatic carbocycles. The molecule has 0 aromatic carbocycles. The van der Waals surface area contributed by atoms with Crippen LogP contribution in [0.2, 0.25) is 0 Å². The number of hydrogen-bond donors (Lipinski definition) is 2. The summed E-state index contributed by atoms with van der Waals surface area (Å²) in [6.45, 7) is 2.17.